The molecule has 0 saturated carbocycles. The number of aromatic nitrogens is 4. The minimum atomic E-state index is -3.31. The SMILES string of the molecule is CC(C)S(=O)(=O)c1ccc(-c2cnc3[nH]cc(-c4cnc5ccccc5c4)c3n2)cc1. The molecule has 2 aromatic carbocycles. The van der Waals surface area contributed by atoms with Crippen molar-refractivity contribution in [3.8, 4) is 22.4 Å². The van der Waals surface area contributed by atoms with E-state index in [0.29, 0.717) is 16.2 Å². The van der Waals surface area contributed by atoms with Crippen LogP contribution in [-0.4, -0.2) is 33.6 Å². The Labute approximate surface area is 179 Å². The van der Waals surface area contributed by atoms with Crippen LogP contribution in [0.25, 0.3) is 44.5 Å². The molecule has 1 N–H and O–H groups in total. The molecular weight excluding hydrogens is 408 g/mol. The summed E-state index contributed by atoms with van der Waals surface area (Å²) in [6, 6.07) is 16.9. The van der Waals surface area contributed by atoms with Gasteiger partial charge < -0.3 is 4.98 Å². The predicted molar refractivity (Wildman–Crippen MR) is 122 cm³/mol. The van der Waals surface area contributed by atoms with Crippen LogP contribution < -0.4 is 0 Å². The van der Waals surface area contributed by atoms with Crippen LogP contribution in [-0.2, 0) is 9.84 Å². The summed E-state index contributed by atoms with van der Waals surface area (Å²) >= 11 is 0. The van der Waals surface area contributed by atoms with Crippen LogP contribution in [0, 0.1) is 0 Å². The lowest BCUT2D eigenvalue weighted by Gasteiger charge is -2.08. The van der Waals surface area contributed by atoms with E-state index in [-0.39, 0.29) is 0 Å². The number of aromatic amines is 1. The zero-order chi connectivity index (χ0) is 21.6. The first-order valence-corrected chi connectivity index (χ1v) is 11.5. The van der Waals surface area contributed by atoms with Crippen LogP contribution in [0.5, 0.6) is 0 Å². The minimum absolute atomic E-state index is 0.310. The molecule has 0 spiro atoms. The van der Waals surface area contributed by atoms with Gasteiger partial charge in [-0.2, -0.15) is 0 Å². The molecule has 31 heavy (non-hydrogen) atoms. The number of rotatable bonds is 4. The summed E-state index contributed by atoms with van der Waals surface area (Å²) in [7, 11) is -3.31. The third-order valence-corrected chi connectivity index (χ3v) is 7.55. The van der Waals surface area contributed by atoms with E-state index in [4.69, 9.17) is 4.98 Å². The van der Waals surface area contributed by atoms with Crippen LogP contribution in [0.3, 0.4) is 0 Å². The van der Waals surface area contributed by atoms with Crippen molar-refractivity contribution in [3.63, 3.8) is 0 Å². The molecule has 5 aromatic rings. The second-order valence-corrected chi connectivity index (χ2v) is 10.2. The Morgan fingerprint density at radius 3 is 2.45 bits per heavy atom. The van der Waals surface area contributed by atoms with Crippen molar-refractivity contribution in [2.45, 2.75) is 24.0 Å². The van der Waals surface area contributed by atoms with Crippen molar-refractivity contribution in [3.05, 3.63) is 73.2 Å². The van der Waals surface area contributed by atoms with E-state index >= 15 is 0 Å². The van der Waals surface area contributed by atoms with E-state index in [1.54, 1.807) is 44.3 Å². The number of benzene rings is 2. The number of fused-ring (bicyclic) bond motifs is 2. The number of pyridine rings is 1. The number of nitrogens with one attached hydrogen (secondary N) is 1. The van der Waals surface area contributed by atoms with Crippen LogP contribution in [0.2, 0.25) is 0 Å². The number of nitrogens with zero attached hydrogens (tertiary/aromatic N) is 3. The fourth-order valence-electron chi connectivity index (χ4n) is 3.56. The summed E-state index contributed by atoms with van der Waals surface area (Å²) in [5.74, 6) is 0. The fourth-order valence-corrected chi connectivity index (χ4v) is 4.62. The first kappa shape index (κ1) is 19.4. The van der Waals surface area contributed by atoms with Crippen LogP contribution in [0.15, 0.2) is 78.1 Å². The van der Waals surface area contributed by atoms with Crippen molar-refractivity contribution in [1.82, 2.24) is 19.9 Å². The first-order chi connectivity index (χ1) is 14.9. The zero-order valence-electron chi connectivity index (χ0n) is 17.1. The average molecular weight is 429 g/mol. The Morgan fingerprint density at radius 2 is 1.68 bits per heavy atom. The molecule has 0 aliphatic heterocycles. The van der Waals surface area contributed by atoms with Crippen molar-refractivity contribution < 1.29 is 8.42 Å². The summed E-state index contributed by atoms with van der Waals surface area (Å²) in [5.41, 5.74) is 5.72. The number of H-pyrrole nitrogens is 1. The maximum atomic E-state index is 12.4. The lowest BCUT2D eigenvalue weighted by Crippen LogP contribution is -2.13. The Morgan fingerprint density at radius 1 is 0.903 bits per heavy atom. The molecule has 0 fully saturated rings. The summed E-state index contributed by atoms with van der Waals surface area (Å²) in [6.07, 6.45) is 5.41. The summed E-state index contributed by atoms with van der Waals surface area (Å²) in [6.45, 7) is 3.36. The Kier molecular flexibility index (Phi) is 4.55. The Hall–Kier alpha value is -3.58. The van der Waals surface area contributed by atoms with E-state index in [1.165, 1.54) is 0 Å². The topological polar surface area (TPSA) is 88.6 Å². The molecule has 6 nitrogen and oxygen atoms in total. The largest absolute Gasteiger partial charge is 0.344 e. The zero-order valence-corrected chi connectivity index (χ0v) is 17.9. The highest BCUT2D eigenvalue weighted by molar-refractivity contribution is 7.92. The first-order valence-electron chi connectivity index (χ1n) is 9.97. The quantitative estimate of drug-likeness (QED) is 0.434. The van der Waals surface area contributed by atoms with Gasteiger partial charge in [0.05, 0.1) is 27.6 Å². The molecule has 3 aromatic heterocycles. The van der Waals surface area contributed by atoms with Gasteiger partial charge in [-0.25, -0.2) is 18.4 Å². The third-order valence-electron chi connectivity index (χ3n) is 5.38. The van der Waals surface area contributed by atoms with Gasteiger partial charge in [0.2, 0.25) is 0 Å². The summed E-state index contributed by atoms with van der Waals surface area (Å²) < 4.78 is 24.8. The van der Waals surface area contributed by atoms with E-state index in [9.17, 15) is 8.42 Å². The molecule has 154 valence electrons. The minimum Gasteiger partial charge on any atom is -0.344 e. The van der Waals surface area contributed by atoms with Gasteiger partial charge in [0.1, 0.15) is 5.52 Å². The molecule has 0 amide bonds. The highest BCUT2D eigenvalue weighted by Crippen LogP contribution is 2.30. The van der Waals surface area contributed by atoms with Gasteiger partial charge in [-0.15, -0.1) is 0 Å². The number of sulfone groups is 1. The fraction of sp³-hybridized carbons (Fsp3) is 0.125. The molecule has 0 saturated heterocycles. The molecule has 5 rings (SSSR count). The van der Waals surface area contributed by atoms with Gasteiger partial charge in [-0.05, 0) is 38.1 Å². The highest BCUT2D eigenvalue weighted by Gasteiger charge is 2.19. The molecule has 0 bridgehead atoms. The Balaban J connectivity index is 1.57. The molecule has 0 aliphatic rings. The van der Waals surface area contributed by atoms with Gasteiger partial charge in [0.25, 0.3) is 0 Å². The normalized spacial score (nSPS) is 12.1. The lowest BCUT2D eigenvalue weighted by atomic mass is 10.1. The van der Waals surface area contributed by atoms with E-state index in [0.717, 1.165) is 33.1 Å². The molecule has 3 heterocycles. The molecule has 7 heteroatoms. The van der Waals surface area contributed by atoms with Crippen molar-refractivity contribution >= 4 is 31.9 Å². The maximum Gasteiger partial charge on any atom is 0.180 e. The molecular formula is C24H20N4O2S. The monoisotopic (exact) mass is 428 g/mol. The molecule has 0 atom stereocenters. The number of hydrogen-bond donors (Lipinski definition) is 1. The van der Waals surface area contributed by atoms with Crippen molar-refractivity contribution in [2.75, 3.05) is 0 Å². The van der Waals surface area contributed by atoms with E-state index in [2.05, 4.69) is 21.0 Å². The summed E-state index contributed by atoms with van der Waals surface area (Å²) in [4.78, 5) is 17.4. The van der Waals surface area contributed by atoms with Crippen molar-refractivity contribution in [1.29, 1.82) is 0 Å². The number of para-hydroxylation sites is 1. The highest BCUT2D eigenvalue weighted by atomic mass is 32.2. The molecule has 0 radical (unpaired) electrons. The maximum absolute atomic E-state index is 12.4. The van der Waals surface area contributed by atoms with Crippen LogP contribution in [0.1, 0.15) is 13.8 Å². The third kappa shape index (κ3) is 3.37. The molecule has 0 aliphatic carbocycles. The van der Waals surface area contributed by atoms with Gasteiger partial charge in [0, 0.05) is 34.5 Å². The Bertz CT molecular complexity index is 1520. The predicted octanol–water partition coefficient (Wildman–Crippen LogP) is 5.02. The number of hydrogen-bond acceptors (Lipinski definition) is 5. The summed E-state index contributed by atoms with van der Waals surface area (Å²) in [5, 5.41) is 0.591. The van der Waals surface area contributed by atoms with Gasteiger partial charge in [-0.1, -0.05) is 30.3 Å². The van der Waals surface area contributed by atoms with Gasteiger partial charge in [0.15, 0.2) is 15.5 Å². The second kappa shape index (κ2) is 7.28. The lowest BCUT2D eigenvalue weighted by molar-refractivity contribution is 0.587. The standard InChI is InChI=1S/C24H20N4O2S/c1-15(2)31(29,30)19-9-7-16(8-10-19)22-14-27-24-23(28-22)20(13-26-24)18-11-17-5-3-4-6-21(17)25-12-18/h3-15H,1-2H3,(H,26,27). The van der Waals surface area contributed by atoms with Crippen molar-refractivity contribution in [2.24, 2.45) is 0 Å². The van der Waals surface area contributed by atoms with Gasteiger partial charge >= 0.3 is 0 Å². The average Bonchev–Trinajstić information content (AvgIpc) is 3.22. The smallest absolute Gasteiger partial charge is 0.180 e. The second-order valence-electron chi connectivity index (χ2n) is 7.69. The van der Waals surface area contributed by atoms with E-state index in [1.807, 2.05) is 36.7 Å². The van der Waals surface area contributed by atoms with Crippen LogP contribution >= 0.6 is 0 Å². The van der Waals surface area contributed by atoms with Crippen LogP contribution in [0.4, 0.5) is 0 Å². The van der Waals surface area contributed by atoms with Gasteiger partial charge in [-0.3, -0.25) is 4.98 Å². The van der Waals surface area contributed by atoms with E-state index < -0.39 is 15.1 Å². The molecule has 0 unspecified atom stereocenters.